The van der Waals surface area contributed by atoms with E-state index >= 15 is 0 Å². The van der Waals surface area contributed by atoms with Gasteiger partial charge in [-0.3, -0.25) is 4.79 Å². The molecule has 0 aromatic heterocycles. The van der Waals surface area contributed by atoms with Crippen molar-refractivity contribution in [1.29, 1.82) is 0 Å². The van der Waals surface area contributed by atoms with E-state index in [9.17, 15) is 14.4 Å². The highest BCUT2D eigenvalue weighted by molar-refractivity contribution is 6.43. The highest BCUT2D eigenvalue weighted by Crippen LogP contribution is 2.26. The van der Waals surface area contributed by atoms with Crippen LogP contribution in [0, 0.1) is 0 Å². The number of fused-ring (bicyclic) bond motifs is 1. The molecule has 1 atom stereocenters. The van der Waals surface area contributed by atoms with E-state index in [0.717, 1.165) is 43.6 Å². The molecular weight excluding hydrogens is 578 g/mol. The number of urea groups is 1. The Morgan fingerprint density at radius 2 is 1.50 bits per heavy atom. The first kappa shape index (κ1) is 32.3. The molecule has 3 fully saturated rings. The maximum absolute atomic E-state index is 13.9. The second-order valence-corrected chi connectivity index (χ2v) is 13.2. The standard InChI is InChI=1S/C34H44B2N6O4/c35-27-20-23(21-28(36)31(27)37)22-30(32(43)40-15-9-25(10-16-40)39-13-4-1-5-14-39)46-34(45)41-17-11-26(12-18-41)42-19-8-24-6-2-3-7-29(24)38-33(42)44/h2-3,6-7,20-21,25-26,30H,1,4-5,8-19,22,37H2,(H,38,44)/t30-/m1/s1. The fraction of sp³-hybridized carbons (Fsp3) is 0.559. The molecule has 3 saturated heterocycles. The summed E-state index contributed by atoms with van der Waals surface area (Å²) in [5.41, 5.74) is 9.59. The summed E-state index contributed by atoms with van der Waals surface area (Å²) in [5.74, 6) is -0.199. The lowest BCUT2D eigenvalue weighted by atomic mass is 9.82. The largest absolute Gasteiger partial charge is 0.436 e. The van der Waals surface area contributed by atoms with Gasteiger partial charge in [-0.2, -0.15) is 0 Å². The van der Waals surface area contributed by atoms with Crippen LogP contribution in [-0.4, -0.2) is 117 Å². The van der Waals surface area contributed by atoms with Crippen molar-refractivity contribution in [3.63, 3.8) is 0 Å². The molecule has 2 aromatic carbocycles. The van der Waals surface area contributed by atoms with Gasteiger partial charge in [0.05, 0.1) is 0 Å². The number of amides is 4. The Hall–Kier alpha value is -3.66. The van der Waals surface area contributed by atoms with E-state index < -0.39 is 12.2 Å². The van der Waals surface area contributed by atoms with Gasteiger partial charge in [0.1, 0.15) is 15.7 Å². The SMILES string of the molecule is [B]c1cc(C[C@@H](OC(=O)N2CCC(N3CCc4ccccc4NC3=O)CC2)C(=O)N2CCC(N3CCCCC3)CC2)cc([B])c1N. The highest BCUT2D eigenvalue weighted by Gasteiger charge is 2.36. The van der Waals surface area contributed by atoms with Gasteiger partial charge in [0, 0.05) is 62.6 Å². The Morgan fingerprint density at radius 3 is 2.20 bits per heavy atom. The first-order valence-electron chi connectivity index (χ1n) is 16.8. The molecule has 4 aliphatic rings. The molecule has 3 N–H and O–H groups in total. The first-order chi connectivity index (χ1) is 22.3. The quantitative estimate of drug-likeness (QED) is 0.377. The third kappa shape index (κ3) is 7.32. The molecule has 10 nitrogen and oxygen atoms in total. The number of para-hydroxylation sites is 1. The summed E-state index contributed by atoms with van der Waals surface area (Å²) in [6, 6.07) is 11.7. The molecule has 0 aliphatic carbocycles. The van der Waals surface area contributed by atoms with Crippen LogP contribution in [0.3, 0.4) is 0 Å². The lowest BCUT2D eigenvalue weighted by molar-refractivity contribution is -0.142. The minimum absolute atomic E-state index is 0.0118. The zero-order valence-corrected chi connectivity index (χ0v) is 26.7. The predicted molar refractivity (Wildman–Crippen MR) is 181 cm³/mol. The van der Waals surface area contributed by atoms with Crippen LogP contribution in [0.25, 0.3) is 0 Å². The number of ether oxygens (including phenoxy) is 1. The average Bonchev–Trinajstić information content (AvgIpc) is 3.25. The molecular formula is C34H44B2N6O4. The van der Waals surface area contributed by atoms with Gasteiger partial charge >= 0.3 is 12.1 Å². The van der Waals surface area contributed by atoms with Gasteiger partial charge in [0.2, 0.25) is 0 Å². The molecule has 240 valence electrons. The Morgan fingerprint density at radius 1 is 0.870 bits per heavy atom. The highest BCUT2D eigenvalue weighted by atomic mass is 16.6. The fourth-order valence-electron chi connectivity index (χ4n) is 7.51. The van der Waals surface area contributed by atoms with Crippen molar-refractivity contribution in [3.8, 4) is 0 Å². The number of anilines is 2. The smallest absolute Gasteiger partial charge is 0.410 e. The molecule has 4 amide bonds. The molecule has 0 unspecified atom stereocenters. The van der Waals surface area contributed by atoms with E-state index in [0.29, 0.717) is 73.8 Å². The lowest BCUT2D eigenvalue weighted by Gasteiger charge is -2.41. The number of likely N-dealkylation sites (tertiary alicyclic amines) is 3. The minimum Gasteiger partial charge on any atom is -0.436 e. The third-order valence-corrected chi connectivity index (χ3v) is 10.2. The average molecular weight is 622 g/mol. The Bertz CT molecular complexity index is 1400. The van der Waals surface area contributed by atoms with Crippen LogP contribution in [0.4, 0.5) is 21.0 Å². The number of piperidine rings is 3. The van der Waals surface area contributed by atoms with Crippen LogP contribution in [0.2, 0.25) is 0 Å². The van der Waals surface area contributed by atoms with Crippen molar-refractivity contribution >= 4 is 56.0 Å². The minimum atomic E-state index is -1.02. The topological polar surface area (TPSA) is 111 Å². The number of nitrogens with zero attached hydrogens (tertiary/aromatic N) is 4. The number of benzene rings is 2. The van der Waals surface area contributed by atoms with Crippen LogP contribution in [0.1, 0.15) is 56.1 Å². The number of nitrogen functional groups attached to an aromatic ring is 1. The molecule has 4 aliphatic heterocycles. The van der Waals surface area contributed by atoms with E-state index in [2.05, 4.69) is 10.2 Å². The van der Waals surface area contributed by atoms with E-state index in [4.69, 9.17) is 26.2 Å². The zero-order valence-electron chi connectivity index (χ0n) is 26.7. The van der Waals surface area contributed by atoms with Crippen molar-refractivity contribution < 1.29 is 19.1 Å². The summed E-state index contributed by atoms with van der Waals surface area (Å²) in [5, 5.41) is 3.04. The van der Waals surface area contributed by atoms with Gasteiger partial charge in [-0.1, -0.05) is 47.7 Å². The molecule has 6 rings (SSSR count). The monoisotopic (exact) mass is 622 g/mol. The predicted octanol–water partition coefficient (Wildman–Crippen LogP) is 1.94. The van der Waals surface area contributed by atoms with Crippen LogP contribution < -0.4 is 22.0 Å². The number of carbonyl (C=O) groups excluding carboxylic acids is 3. The molecule has 0 bridgehead atoms. The fourth-order valence-corrected chi connectivity index (χ4v) is 7.51. The molecule has 2 aromatic rings. The summed E-state index contributed by atoms with van der Waals surface area (Å²) in [7, 11) is 12.2. The van der Waals surface area contributed by atoms with E-state index in [1.165, 1.54) is 19.3 Å². The summed E-state index contributed by atoms with van der Waals surface area (Å²) in [6.07, 6.45) is 6.24. The first-order valence-corrected chi connectivity index (χ1v) is 16.8. The second-order valence-electron chi connectivity index (χ2n) is 13.2. The van der Waals surface area contributed by atoms with E-state index in [-0.39, 0.29) is 24.4 Å². The van der Waals surface area contributed by atoms with Crippen LogP contribution >= 0.6 is 0 Å². The Labute approximate surface area is 274 Å². The van der Waals surface area contributed by atoms with Gasteiger partial charge in [-0.25, -0.2) is 9.59 Å². The molecule has 46 heavy (non-hydrogen) atoms. The van der Waals surface area contributed by atoms with Crippen molar-refractivity contribution in [2.24, 2.45) is 0 Å². The maximum Gasteiger partial charge on any atom is 0.410 e. The normalized spacial score (nSPS) is 20.9. The van der Waals surface area contributed by atoms with Gasteiger partial charge in [-0.05, 0) is 75.2 Å². The van der Waals surface area contributed by atoms with Crippen molar-refractivity contribution in [3.05, 3.63) is 47.5 Å². The molecule has 12 heteroatoms. The van der Waals surface area contributed by atoms with Crippen molar-refractivity contribution in [2.45, 2.75) is 76.0 Å². The van der Waals surface area contributed by atoms with Crippen molar-refractivity contribution in [2.75, 3.05) is 56.9 Å². The maximum atomic E-state index is 13.9. The number of rotatable bonds is 6. The summed E-state index contributed by atoms with van der Waals surface area (Å²) >= 11 is 0. The summed E-state index contributed by atoms with van der Waals surface area (Å²) < 4.78 is 6.01. The lowest BCUT2D eigenvalue weighted by Crippen LogP contribution is -2.53. The van der Waals surface area contributed by atoms with Crippen molar-refractivity contribution in [1.82, 2.24) is 19.6 Å². The Kier molecular flexibility index (Phi) is 10.1. The van der Waals surface area contributed by atoms with E-state index in [1.54, 1.807) is 17.0 Å². The van der Waals surface area contributed by atoms with Gasteiger partial charge in [0.25, 0.3) is 5.91 Å². The summed E-state index contributed by atoms with van der Waals surface area (Å²) in [6.45, 7) is 5.02. The van der Waals surface area contributed by atoms with E-state index in [1.807, 2.05) is 34.1 Å². The number of nitrogens with one attached hydrogen (secondary N) is 1. The number of hydrogen-bond donors (Lipinski definition) is 2. The van der Waals surface area contributed by atoms with Gasteiger partial charge in [0.15, 0.2) is 6.10 Å². The molecule has 4 radical (unpaired) electrons. The molecule has 4 heterocycles. The van der Waals surface area contributed by atoms with Crippen LogP contribution in [-0.2, 0) is 22.4 Å². The molecule has 0 saturated carbocycles. The van der Waals surface area contributed by atoms with Gasteiger partial charge < -0.3 is 35.4 Å². The summed E-state index contributed by atoms with van der Waals surface area (Å²) in [4.78, 5) is 48.5. The number of nitrogens with two attached hydrogens (primary N) is 1. The van der Waals surface area contributed by atoms with Gasteiger partial charge in [-0.15, -0.1) is 0 Å². The zero-order chi connectivity index (χ0) is 32.2. The second kappa shape index (κ2) is 14.4. The van der Waals surface area contributed by atoms with Crippen LogP contribution in [0.15, 0.2) is 36.4 Å². The number of carbonyl (C=O) groups is 3. The number of hydrogen-bond acceptors (Lipinski definition) is 6. The Balaban J connectivity index is 1.09. The van der Waals surface area contributed by atoms with Crippen LogP contribution in [0.5, 0.6) is 0 Å². The molecule has 0 spiro atoms. The third-order valence-electron chi connectivity index (χ3n) is 10.2.